The Morgan fingerprint density at radius 3 is 2.79 bits per heavy atom. The number of carbonyl (C=O) groups excluding carboxylic acids is 1. The van der Waals surface area contributed by atoms with Gasteiger partial charge in [-0.2, -0.15) is 0 Å². The third-order valence-corrected chi connectivity index (χ3v) is 3.46. The number of nitrogens with zero attached hydrogens (tertiary/aromatic N) is 1. The van der Waals surface area contributed by atoms with Crippen LogP contribution < -0.4 is 0 Å². The van der Waals surface area contributed by atoms with Gasteiger partial charge < -0.3 is 4.74 Å². The van der Waals surface area contributed by atoms with Crippen LogP contribution in [0.2, 0.25) is 0 Å². The maximum absolute atomic E-state index is 12.0. The summed E-state index contributed by atoms with van der Waals surface area (Å²) in [6, 6.07) is 10.3. The smallest absolute Gasteiger partial charge is 0.323 e. The minimum absolute atomic E-state index is 0.116. The lowest BCUT2D eigenvalue weighted by Crippen LogP contribution is -2.47. The molecule has 102 valence electrons. The maximum Gasteiger partial charge on any atom is 0.323 e. The number of ether oxygens (including phenoxy) is 1. The molecule has 1 aliphatic rings. The molecule has 0 aliphatic carbocycles. The van der Waals surface area contributed by atoms with E-state index in [1.807, 2.05) is 25.1 Å². The summed E-state index contributed by atoms with van der Waals surface area (Å²) in [5.41, 5.74) is 1.22. The SMILES string of the molecule is CCOC(=O)[C@@H]1CC=C[C@H](C)N1Cc1ccccc1. The van der Waals surface area contributed by atoms with Gasteiger partial charge in [-0.1, -0.05) is 42.5 Å². The van der Waals surface area contributed by atoms with E-state index >= 15 is 0 Å². The van der Waals surface area contributed by atoms with E-state index < -0.39 is 0 Å². The third kappa shape index (κ3) is 3.44. The van der Waals surface area contributed by atoms with E-state index in [-0.39, 0.29) is 18.1 Å². The number of hydrogen-bond acceptors (Lipinski definition) is 3. The van der Waals surface area contributed by atoms with Crippen LogP contribution in [0.3, 0.4) is 0 Å². The van der Waals surface area contributed by atoms with Gasteiger partial charge in [-0.15, -0.1) is 0 Å². The van der Waals surface area contributed by atoms with E-state index in [9.17, 15) is 4.79 Å². The topological polar surface area (TPSA) is 29.5 Å². The summed E-state index contributed by atoms with van der Waals surface area (Å²) in [6.07, 6.45) is 4.96. The van der Waals surface area contributed by atoms with Gasteiger partial charge in [0, 0.05) is 12.6 Å². The molecule has 3 nitrogen and oxygen atoms in total. The molecule has 0 N–H and O–H groups in total. The van der Waals surface area contributed by atoms with Gasteiger partial charge in [0.05, 0.1) is 6.61 Å². The average Bonchev–Trinajstić information content (AvgIpc) is 2.42. The molecule has 1 aromatic rings. The van der Waals surface area contributed by atoms with Crippen molar-refractivity contribution < 1.29 is 9.53 Å². The lowest BCUT2D eigenvalue weighted by molar-refractivity contribution is -0.150. The molecule has 1 aliphatic heterocycles. The summed E-state index contributed by atoms with van der Waals surface area (Å²) in [6.45, 7) is 5.18. The van der Waals surface area contributed by atoms with Crippen LogP contribution in [0.5, 0.6) is 0 Å². The van der Waals surface area contributed by atoms with Crippen LogP contribution in [0.15, 0.2) is 42.5 Å². The van der Waals surface area contributed by atoms with Crippen molar-refractivity contribution in [1.29, 1.82) is 0 Å². The largest absolute Gasteiger partial charge is 0.465 e. The first kappa shape index (κ1) is 13.8. The van der Waals surface area contributed by atoms with Crippen molar-refractivity contribution >= 4 is 5.97 Å². The fourth-order valence-corrected chi connectivity index (χ4v) is 2.45. The third-order valence-electron chi connectivity index (χ3n) is 3.46. The van der Waals surface area contributed by atoms with Crippen molar-refractivity contribution in [2.45, 2.75) is 38.9 Å². The Labute approximate surface area is 114 Å². The van der Waals surface area contributed by atoms with Crippen LogP contribution in [0, 0.1) is 0 Å². The second-order valence-corrected chi connectivity index (χ2v) is 4.83. The highest BCUT2D eigenvalue weighted by Gasteiger charge is 2.31. The van der Waals surface area contributed by atoms with Gasteiger partial charge in [0.15, 0.2) is 0 Å². The first-order chi connectivity index (χ1) is 9.22. The summed E-state index contributed by atoms with van der Waals surface area (Å²) in [7, 11) is 0. The molecule has 2 atom stereocenters. The highest BCUT2D eigenvalue weighted by Crippen LogP contribution is 2.21. The molecular formula is C16H21NO2. The average molecular weight is 259 g/mol. The number of hydrogen-bond donors (Lipinski definition) is 0. The summed E-state index contributed by atoms with van der Waals surface area (Å²) >= 11 is 0. The molecule has 1 heterocycles. The predicted molar refractivity (Wildman–Crippen MR) is 75.6 cm³/mol. The first-order valence-corrected chi connectivity index (χ1v) is 6.85. The molecule has 0 bridgehead atoms. The molecule has 0 aromatic heterocycles. The highest BCUT2D eigenvalue weighted by molar-refractivity contribution is 5.76. The van der Waals surface area contributed by atoms with E-state index in [4.69, 9.17) is 4.74 Å². The van der Waals surface area contributed by atoms with Gasteiger partial charge in [0.1, 0.15) is 6.04 Å². The Kier molecular flexibility index (Phi) is 4.74. The standard InChI is InChI=1S/C16H21NO2/c1-3-19-16(18)15-11-7-8-13(2)17(15)12-14-9-5-4-6-10-14/h4-10,13,15H,3,11-12H2,1-2H3/t13-,15-/m0/s1. The minimum atomic E-state index is -0.167. The molecular weight excluding hydrogens is 238 g/mol. The second kappa shape index (κ2) is 6.53. The van der Waals surface area contributed by atoms with Gasteiger partial charge in [-0.3, -0.25) is 9.69 Å². The minimum Gasteiger partial charge on any atom is -0.465 e. The van der Waals surface area contributed by atoms with E-state index in [2.05, 4.69) is 36.1 Å². The summed E-state index contributed by atoms with van der Waals surface area (Å²) < 4.78 is 5.18. The van der Waals surface area contributed by atoms with E-state index in [1.54, 1.807) is 0 Å². The molecule has 0 saturated heterocycles. The van der Waals surface area contributed by atoms with E-state index in [0.29, 0.717) is 6.61 Å². The Balaban J connectivity index is 2.13. The predicted octanol–water partition coefficient (Wildman–Crippen LogP) is 2.77. The van der Waals surface area contributed by atoms with Gasteiger partial charge in [0.2, 0.25) is 0 Å². The van der Waals surface area contributed by atoms with Gasteiger partial charge in [-0.05, 0) is 25.8 Å². The number of esters is 1. The molecule has 0 fully saturated rings. The maximum atomic E-state index is 12.0. The zero-order valence-electron chi connectivity index (χ0n) is 11.6. The van der Waals surface area contributed by atoms with E-state index in [1.165, 1.54) is 5.56 Å². The van der Waals surface area contributed by atoms with Gasteiger partial charge in [-0.25, -0.2) is 0 Å². The Hall–Kier alpha value is -1.61. The first-order valence-electron chi connectivity index (χ1n) is 6.85. The van der Waals surface area contributed by atoms with Crippen LogP contribution in [0.1, 0.15) is 25.8 Å². The molecule has 2 rings (SSSR count). The summed E-state index contributed by atoms with van der Waals surface area (Å²) in [4.78, 5) is 14.2. The van der Waals surface area contributed by atoms with Crippen LogP contribution in [0.4, 0.5) is 0 Å². The molecule has 1 aromatic carbocycles. The lowest BCUT2D eigenvalue weighted by Gasteiger charge is -2.36. The molecule has 0 spiro atoms. The van der Waals surface area contributed by atoms with Crippen molar-refractivity contribution in [2.24, 2.45) is 0 Å². The van der Waals surface area contributed by atoms with Crippen molar-refractivity contribution in [2.75, 3.05) is 6.61 Å². The van der Waals surface area contributed by atoms with Crippen LogP contribution in [0.25, 0.3) is 0 Å². The number of benzene rings is 1. The van der Waals surface area contributed by atoms with Crippen LogP contribution in [-0.2, 0) is 16.1 Å². The van der Waals surface area contributed by atoms with Gasteiger partial charge >= 0.3 is 5.97 Å². The molecule has 0 amide bonds. The van der Waals surface area contributed by atoms with Crippen molar-refractivity contribution in [1.82, 2.24) is 4.90 Å². The zero-order valence-corrected chi connectivity index (χ0v) is 11.6. The van der Waals surface area contributed by atoms with Crippen molar-refractivity contribution in [3.05, 3.63) is 48.0 Å². The second-order valence-electron chi connectivity index (χ2n) is 4.83. The number of carbonyl (C=O) groups is 1. The summed E-state index contributed by atoms with van der Waals surface area (Å²) in [5, 5.41) is 0. The zero-order chi connectivity index (χ0) is 13.7. The number of rotatable bonds is 4. The van der Waals surface area contributed by atoms with Gasteiger partial charge in [0.25, 0.3) is 0 Å². The highest BCUT2D eigenvalue weighted by atomic mass is 16.5. The fraction of sp³-hybridized carbons (Fsp3) is 0.438. The Morgan fingerprint density at radius 1 is 1.37 bits per heavy atom. The normalized spacial score (nSPS) is 23.3. The Morgan fingerprint density at radius 2 is 2.11 bits per heavy atom. The molecule has 3 heteroatoms. The van der Waals surface area contributed by atoms with Crippen LogP contribution >= 0.6 is 0 Å². The Bertz CT molecular complexity index is 441. The monoisotopic (exact) mass is 259 g/mol. The molecule has 19 heavy (non-hydrogen) atoms. The lowest BCUT2D eigenvalue weighted by atomic mass is 10.0. The fourth-order valence-electron chi connectivity index (χ4n) is 2.45. The van der Waals surface area contributed by atoms with Crippen molar-refractivity contribution in [3.63, 3.8) is 0 Å². The molecule has 0 unspecified atom stereocenters. The quantitative estimate of drug-likeness (QED) is 0.615. The van der Waals surface area contributed by atoms with E-state index in [0.717, 1.165) is 13.0 Å². The molecule has 0 saturated carbocycles. The molecule has 0 radical (unpaired) electrons. The summed E-state index contributed by atoms with van der Waals surface area (Å²) in [5.74, 6) is -0.116. The van der Waals surface area contributed by atoms with Crippen LogP contribution in [-0.4, -0.2) is 29.6 Å². The van der Waals surface area contributed by atoms with Crippen molar-refractivity contribution in [3.8, 4) is 0 Å².